The van der Waals surface area contributed by atoms with Crippen LogP contribution < -0.4 is 11.1 Å². The van der Waals surface area contributed by atoms with Crippen molar-refractivity contribution < 1.29 is 4.79 Å². The van der Waals surface area contributed by atoms with Crippen LogP contribution in [0.1, 0.15) is 48.8 Å². The van der Waals surface area contributed by atoms with Crippen molar-refractivity contribution in [1.82, 2.24) is 15.3 Å². The van der Waals surface area contributed by atoms with Crippen LogP contribution in [0.15, 0.2) is 60.7 Å². The normalized spacial score (nSPS) is 19.7. The molecule has 0 spiro atoms. The SMILES string of the molecule is Cc1[nH]c(C(Cc2ccccc2)NC(=O)C2CCC(CN)CC2)nc1-c1ccccc1. The average Bonchev–Trinajstić information content (AvgIpc) is 3.21. The number of aromatic amines is 1. The van der Waals surface area contributed by atoms with E-state index in [2.05, 4.69) is 34.6 Å². The molecule has 2 aromatic carbocycles. The predicted octanol–water partition coefficient (Wildman–Crippen LogP) is 4.55. The van der Waals surface area contributed by atoms with Gasteiger partial charge in [-0.1, -0.05) is 60.7 Å². The van der Waals surface area contributed by atoms with Crippen molar-refractivity contribution in [3.05, 3.63) is 77.7 Å². The van der Waals surface area contributed by atoms with Gasteiger partial charge < -0.3 is 16.0 Å². The number of carbonyl (C=O) groups excluding carboxylic acids is 1. The minimum atomic E-state index is -0.196. The van der Waals surface area contributed by atoms with Gasteiger partial charge in [0.1, 0.15) is 5.82 Å². The highest BCUT2D eigenvalue weighted by Crippen LogP contribution is 2.30. The van der Waals surface area contributed by atoms with Gasteiger partial charge in [-0.2, -0.15) is 0 Å². The summed E-state index contributed by atoms with van der Waals surface area (Å²) in [6.45, 7) is 2.76. The first-order chi connectivity index (χ1) is 15.1. The molecular formula is C26H32N4O. The number of hydrogen-bond acceptors (Lipinski definition) is 3. The number of benzene rings is 2. The van der Waals surface area contributed by atoms with Gasteiger partial charge in [0.2, 0.25) is 5.91 Å². The Balaban J connectivity index is 1.56. The van der Waals surface area contributed by atoms with E-state index in [-0.39, 0.29) is 17.9 Å². The summed E-state index contributed by atoms with van der Waals surface area (Å²) < 4.78 is 0. The van der Waals surface area contributed by atoms with E-state index in [0.29, 0.717) is 12.3 Å². The minimum Gasteiger partial charge on any atom is -0.346 e. The molecule has 0 radical (unpaired) electrons. The van der Waals surface area contributed by atoms with Crippen molar-refractivity contribution in [3.63, 3.8) is 0 Å². The van der Waals surface area contributed by atoms with Crippen LogP contribution in [-0.2, 0) is 11.2 Å². The summed E-state index contributed by atoms with van der Waals surface area (Å²) in [5, 5.41) is 3.31. The Kier molecular flexibility index (Phi) is 6.82. The maximum absolute atomic E-state index is 13.1. The van der Waals surface area contributed by atoms with Crippen LogP contribution in [0.5, 0.6) is 0 Å². The van der Waals surface area contributed by atoms with E-state index in [0.717, 1.165) is 55.0 Å². The van der Waals surface area contributed by atoms with Crippen molar-refractivity contribution >= 4 is 5.91 Å². The van der Waals surface area contributed by atoms with E-state index in [9.17, 15) is 4.79 Å². The lowest BCUT2D eigenvalue weighted by molar-refractivity contribution is -0.127. The van der Waals surface area contributed by atoms with Crippen LogP contribution in [0, 0.1) is 18.8 Å². The Hall–Kier alpha value is -2.92. The lowest BCUT2D eigenvalue weighted by Gasteiger charge is -2.28. The number of nitrogens with two attached hydrogens (primary N) is 1. The zero-order chi connectivity index (χ0) is 21.6. The molecule has 0 bridgehead atoms. The highest BCUT2D eigenvalue weighted by atomic mass is 16.1. The third kappa shape index (κ3) is 5.23. The fraction of sp³-hybridized carbons (Fsp3) is 0.385. The molecule has 4 rings (SSSR count). The Morgan fingerprint density at radius 3 is 2.35 bits per heavy atom. The molecule has 4 N–H and O–H groups in total. The number of rotatable bonds is 7. The molecular weight excluding hydrogens is 384 g/mol. The summed E-state index contributed by atoms with van der Waals surface area (Å²) in [5.41, 5.74) is 10.0. The van der Waals surface area contributed by atoms with Gasteiger partial charge in [-0.15, -0.1) is 0 Å². The van der Waals surface area contributed by atoms with Crippen molar-refractivity contribution in [2.45, 2.75) is 45.1 Å². The molecule has 1 atom stereocenters. The van der Waals surface area contributed by atoms with Crippen molar-refractivity contribution in [2.24, 2.45) is 17.6 Å². The van der Waals surface area contributed by atoms with Crippen LogP contribution in [0.2, 0.25) is 0 Å². The Morgan fingerprint density at radius 1 is 1.06 bits per heavy atom. The number of imidazole rings is 1. The second-order valence-corrected chi connectivity index (χ2v) is 8.67. The van der Waals surface area contributed by atoms with Gasteiger partial charge in [-0.05, 0) is 57.1 Å². The van der Waals surface area contributed by atoms with E-state index in [4.69, 9.17) is 10.7 Å². The molecule has 1 unspecified atom stereocenters. The monoisotopic (exact) mass is 416 g/mol. The van der Waals surface area contributed by atoms with Gasteiger partial charge in [0.15, 0.2) is 0 Å². The van der Waals surface area contributed by atoms with Gasteiger partial charge in [-0.3, -0.25) is 4.79 Å². The van der Waals surface area contributed by atoms with Gasteiger partial charge in [-0.25, -0.2) is 4.98 Å². The van der Waals surface area contributed by atoms with Gasteiger partial charge >= 0.3 is 0 Å². The number of amides is 1. The fourth-order valence-electron chi connectivity index (χ4n) is 4.54. The van der Waals surface area contributed by atoms with Gasteiger partial charge in [0.25, 0.3) is 0 Å². The minimum absolute atomic E-state index is 0.0609. The molecule has 5 heteroatoms. The van der Waals surface area contributed by atoms with Crippen LogP contribution in [0.4, 0.5) is 0 Å². The fourth-order valence-corrected chi connectivity index (χ4v) is 4.54. The molecule has 0 aliphatic heterocycles. The molecule has 1 saturated carbocycles. The van der Waals surface area contributed by atoms with Crippen LogP contribution in [-0.4, -0.2) is 22.4 Å². The molecule has 0 saturated heterocycles. The molecule has 1 aliphatic rings. The van der Waals surface area contributed by atoms with Crippen molar-refractivity contribution in [3.8, 4) is 11.3 Å². The topological polar surface area (TPSA) is 83.8 Å². The number of aromatic nitrogens is 2. The summed E-state index contributed by atoms with van der Waals surface area (Å²) in [6.07, 6.45) is 4.61. The predicted molar refractivity (Wildman–Crippen MR) is 124 cm³/mol. The number of hydrogen-bond donors (Lipinski definition) is 3. The summed E-state index contributed by atoms with van der Waals surface area (Å²) >= 11 is 0. The van der Waals surface area contributed by atoms with Crippen LogP contribution >= 0.6 is 0 Å². The van der Waals surface area contributed by atoms with E-state index in [1.807, 2.05) is 43.3 Å². The Bertz CT molecular complexity index is 975. The number of H-pyrrole nitrogens is 1. The molecule has 5 nitrogen and oxygen atoms in total. The molecule has 1 aromatic heterocycles. The third-order valence-corrected chi connectivity index (χ3v) is 6.43. The highest BCUT2D eigenvalue weighted by Gasteiger charge is 2.28. The standard InChI is InChI=1S/C26H32N4O/c1-18-24(21-10-6-3-7-11-21)30-25(28-18)23(16-19-8-4-2-5-9-19)29-26(31)22-14-12-20(17-27)13-15-22/h2-11,20,22-23H,12-17,27H2,1H3,(H,28,30)(H,29,31). The third-order valence-electron chi connectivity index (χ3n) is 6.43. The van der Waals surface area contributed by atoms with E-state index < -0.39 is 0 Å². The van der Waals surface area contributed by atoms with Crippen LogP contribution in [0.25, 0.3) is 11.3 Å². The number of aryl methyl sites for hydroxylation is 1. The molecule has 31 heavy (non-hydrogen) atoms. The largest absolute Gasteiger partial charge is 0.346 e. The molecule has 1 heterocycles. The van der Waals surface area contributed by atoms with Crippen molar-refractivity contribution in [2.75, 3.05) is 6.54 Å². The summed E-state index contributed by atoms with van der Waals surface area (Å²) in [7, 11) is 0. The first kappa shape index (κ1) is 21.3. The Labute approximate surface area is 184 Å². The first-order valence-corrected chi connectivity index (χ1v) is 11.3. The molecule has 1 aliphatic carbocycles. The van der Waals surface area contributed by atoms with E-state index >= 15 is 0 Å². The lowest BCUT2D eigenvalue weighted by atomic mass is 9.81. The average molecular weight is 417 g/mol. The maximum atomic E-state index is 13.1. The van der Waals surface area contributed by atoms with E-state index in [1.54, 1.807) is 0 Å². The second kappa shape index (κ2) is 9.92. The van der Waals surface area contributed by atoms with Crippen molar-refractivity contribution in [1.29, 1.82) is 0 Å². The summed E-state index contributed by atoms with van der Waals surface area (Å²) in [6, 6.07) is 20.2. The molecule has 3 aromatic rings. The first-order valence-electron chi connectivity index (χ1n) is 11.3. The quantitative estimate of drug-likeness (QED) is 0.528. The highest BCUT2D eigenvalue weighted by molar-refractivity contribution is 5.79. The number of carbonyl (C=O) groups is 1. The zero-order valence-electron chi connectivity index (χ0n) is 18.2. The second-order valence-electron chi connectivity index (χ2n) is 8.67. The number of nitrogens with one attached hydrogen (secondary N) is 2. The molecule has 162 valence electrons. The van der Waals surface area contributed by atoms with E-state index in [1.165, 1.54) is 5.56 Å². The van der Waals surface area contributed by atoms with Crippen LogP contribution in [0.3, 0.4) is 0 Å². The lowest BCUT2D eigenvalue weighted by Crippen LogP contribution is -2.37. The van der Waals surface area contributed by atoms with Gasteiger partial charge in [0, 0.05) is 17.2 Å². The summed E-state index contributed by atoms with van der Waals surface area (Å²) in [5.74, 6) is 1.56. The zero-order valence-corrected chi connectivity index (χ0v) is 18.2. The summed E-state index contributed by atoms with van der Waals surface area (Å²) in [4.78, 5) is 21.5. The molecule has 1 fully saturated rings. The van der Waals surface area contributed by atoms with Gasteiger partial charge in [0.05, 0.1) is 11.7 Å². The molecule has 1 amide bonds. The smallest absolute Gasteiger partial charge is 0.223 e. The number of nitrogens with zero attached hydrogens (tertiary/aromatic N) is 1. The maximum Gasteiger partial charge on any atom is 0.223 e. The Morgan fingerprint density at radius 2 is 1.71 bits per heavy atom.